The van der Waals surface area contributed by atoms with Crippen LogP contribution in [0.2, 0.25) is 5.02 Å². The first-order valence-electron chi connectivity index (χ1n) is 10.5. The van der Waals surface area contributed by atoms with Crippen molar-refractivity contribution < 1.29 is 4.79 Å². The molecule has 3 aromatic rings. The van der Waals surface area contributed by atoms with E-state index >= 15 is 0 Å². The summed E-state index contributed by atoms with van der Waals surface area (Å²) in [5, 5.41) is 4.75. The number of fused-ring (bicyclic) bond motifs is 1. The topological polar surface area (TPSA) is 59.8 Å². The largest absolute Gasteiger partial charge is 0.349 e. The SMILES string of the molecule is O=C(NC1C2CC3CC(C2)CC1C3)c1cn(-c2ncccn2)c2cccc(Cl)c12. The first kappa shape index (κ1) is 17.5. The number of benzene rings is 1. The molecule has 4 aliphatic carbocycles. The van der Waals surface area contributed by atoms with Crippen LogP contribution in [-0.4, -0.2) is 26.5 Å². The van der Waals surface area contributed by atoms with Gasteiger partial charge in [0.05, 0.1) is 16.1 Å². The first-order chi connectivity index (χ1) is 14.2. The van der Waals surface area contributed by atoms with Crippen molar-refractivity contribution in [3.05, 3.63) is 53.4 Å². The number of halogens is 1. The number of amides is 1. The molecule has 148 valence electrons. The van der Waals surface area contributed by atoms with E-state index in [0.717, 1.165) is 22.7 Å². The number of nitrogens with one attached hydrogen (secondary N) is 1. The third kappa shape index (κ3) is 2.78. The Labute approximate surface area is 174 Å². The predicted octanol–water partition coefficient (Wildman–Crippen LogP) is 4.63. The number of carbonyl (C=O) groups is 1. The van der Waals surface area contributed by atoms with Gasteiger partial charge >= 0.3 is 0 Å². The summed E-state index contributed by atoms with van der Waals surface area (Å²) in [5.74, 6) is 3.55. The molecule has 0 aliphatic heterocycles. The second kappa shape index (κ2) is 6.56. The van der Waals surface area contributed by atoms with Gasteiger partial charge in [0.15, 0.2) is 0 Å². The zero-order valence-corrected chi connectivity index (χ0v) is 16.8. The number of rotatable bonds is 3. The average Bonchev–Trinajstić information content (AvgIpc) is 3.12. The second-order valence-corrected chi connectivity index (χ2v) is 9.43. The van der Waals surface area contributed by atoms with Crippen LogP contribution in [0.5, 0.6) is 0 Å². The molecule has 1 N–H and O–H groups in total. The highest BCUT2D eigenvalue weighted by Crippen LogP contribution is 2.53. The van der Waals surface area contributed by atoms with Crippen molar-refractivity contribution in [1.82, 2.24) is 19.9 Å². The Morgan fingerprint density at radius 2 is 1.69 bits per heavy atom. The lowest BCUT2D eigenvalue weighted by atomic mass is 9.54. The van der Waals surface area contributed by atoms with E-state index in [1.165, 1.54) is 32.1 Å². The van der Waals surface area contributed by atoms with E-state index in [1.54, 1.807) is 18.5 Å². The fraction of sp³-hybridized carbons (Fsp3) is 0.435. The van der Waals surface area contributed by atoms with Crippen molar-refractivity contribution in [2.45, 2.75) is 38.1 Å². The molecule has 2 aromatic heterocycles. The van der Waals surface area contributed by atoms with Crippen LogP contribution in [0.25, 0.3) is 16.9 Å². The molecule has 7 rings (SSSR count). The first-order valence-corrected chi connectivity index (χ1v) is 10.9. The van der Waals surface area contributed by atoms with E-state index in [-0.39, 0.29) is 5.91 Å². The van der Waals surface area contributed by atoms with E-state index in [0.29, 0.717) is 34.4 Å². The van der Waals surface area contributed by atoms with Gasteiger partial charge in [-0.1, -0.05) is 17.7 Å². The Morgan fingerprint density at radius 1 is 1.00 bits per heavy atom. The summed E-state index contributed by atoms with van der Waals surface area (Å²) >= 11 is 6.54. The highest BCUT2D eigenvalue weighted by Gasteiger charge is 2.48. The molecule has 0 radical (unpaired) electrons. The van der Waals surface area contributed by atoms with Crippen LogP contribution < -0.4 is 5.32 Å². The van der Waals surface area contributed by atoms with Gasteiger partial charge in [0.25, 0.3) is 5.91 Å². The summed E-state index contributed by atoms with van der Waals surface area (Å²) in [6.45, 7) is 0. The maximum atomic E-state index is 13.4. The lowest BCUT2D eigenvalue weighted by Gasteiger charge is -2.54. The van der Waals surface area contributed by atoms with E-state index in [1.807, 2.05) is 29.0 Å². The highest BCUT2D eigenvalue weighted by molar-refractivity contribution is 6.37. The van der Waals surface area contributed by atoms with Crippen LogP contribution >= 0.6 is 11.6 Å². The summed E-state index contributed by atoms with van der Waals surface area (Å²) in [6, 6.07) is 7.76. The van der Waals surface area contributed by atoms with Crippen LogP contribution in [0.15, 0.2) is 42.9 Å². The molecule has 6 heteroatoms. The molecule has 0 unspecified atom stereocenters. The molecule has 1 aromatic carbocycles. The van der Waals surface area contributed by atoms with Crippen molar-refractivity contribution in [1.29, 1.82) is 0 Å². The monoisotopic (exact) mass is 406 g/mol. The fourth-order valence-electron chi connectivity index (χ4n) is 6.39. The minimum atomic E-state index is -0.0322. The Kier molecular flexibility index (Phi) is 3.95. The van der Waals surface area contributed by atoms with Gasteiger partial charge in [0.1, 0.15) is 0 Å². The predicted molar refractivity (Wildman–Crippen MR) is 112 cm³/mol. The quantitative estimate of drug-likeness (QED) is 0.689. The van der Waals surface area contributed by atoms with Gasteiger partial charge in [-0.25, -0.2) is 9.97 Å². The third-order valence-corrected chi connectivity index (χ3v) is 7.63. The fourth-order valence-corrected chi connectivity index (χ4v) is 6.66. The van der Waals surface area contributed by atoms with Crippen LogP contribution in [0.3, 0.4) is 0 Å². The maximum absolute atomic E-state index is 13.4. The van der Waals surface area contributed by atoms with Crippen LogP contribution in [-0.2, 0) is 0 Å². The Morgan fingerprint density at radius 3 is 2.38 bits per heavy atom. The molecule has 4 saturated carbocycles. The lowest BCUT2D eigenvalue weighted by molar-refractivity contribution is -0.0119. The normalized spacial score (nSPS) is 30.0. The van der Waals surface area contributed by atoms with Gasteiger partial charge in [0, 0.05) is 30.0 Å². The van der Waals surface area contributed by atoms with E-state index in [9.17, 15) is 4.79 Å². The van der Waals surface area contributed by atoms with Crippen molar-refractivity contribution >= 4 is 28.4 Å². The van der Waals surface area contributed by atoms with Crippen LogP contribution in [0.1, 0.15) is 42.5 Å². The Balaban J connectivity index is 1.38. The van der Waals surface area contributed by atoms with Crippen molar-refractivity contribution in [3.63, 3.8) is 0 Å². The second-order valence-electron chi connectivity index (χ2n) is 9.03. The minimum absolute atomic E-state index is 0.0322. The summed E-state index contributed by atoms with van der Waals surface area (Å²) in [5.41, 5.74) is 1.45. The van der Waals surface area contributed by atoms with Crippen molar-refractivity contribution in [2.75, 3.05) is 0 Å². The number of nitrogens with zero attached hydrogens (tertiary/aromatic N) is 3. The molecule has 2 heterocycles. The van der Waals surface area contributed by atoms with E-state index in [4.69, 9.17) is 11.6 Å². The Hall–Kier alpha value is -2.40. The van der Waals surface area contributed by atoms with Gasteiger partial charge < -0.3 is 5.32 Å². The molecule has 4 bridgehead atoms. The van der Waals surface area contributed by atoms with Gasteiger partial charge in [0.2, 0.25) is 5.95 Å². The van der Waals surface area contributed by atoms with E-state index < -0.39 is 0 Å². The Bertz CT molecular complexity index is 1060. The molecular formula is C23H23ClN4O. The van der Waals surface area contributed by atoms with Crippen molar-refractivity contribution in [2.24, 2.45) is 23.7 Å². The summed E-state index contributed by atoms with van der Waals surface area (Å²) in [6.07, 6.45) is 11.7. The average molecular weight is 407 g/mol. The zero-order valence-electron chi connectivity index (χ0n) is 16.1. The number of aromatic nitrogens is 3. The smallest absolute Gasteiger partial charge is 0.253 e. The molecule has 1 amide bonds. The standard InChI is InChI=1S/C23H23ClN4O/c24-18-3-1-4-19-20(18)17(12-28(19)23-25-5-2-6-26-23)22(29)27-21-15-8-13-7-14(10-15)11-16(21)9-13/h1-6,12-16,21H,7-11H2,(H,27,29). The summed E-state index contributed by atoms with van der Waals surface area (Å²) < 4.78 is 1.85. The molecule has 4 aliphatic rings. The zero-order chi connectivity index (χ0) is 19.5. The minimum Gasteiger partial charge on any atom is -0.349 e. The number of hydrogen-bond acceptors (Lipinski definition) is 3. The molecule has 0 saturated heterocycles. The maximum Gasteiger partial charge on any atom is 0.253 e. The molecule has 5 nitrogen and oxygen atoms in total. The summed E-state index contributed by atoms with van der Waals surface area (Å²) in [4.78, 5) is 22.1. The van der Waals surface area contributed by atoms with Crippen molar-refractivity contribution in [3.8, 4) is 5.95 Å². The van der Waals surface area contributed by atoms with Crippen LogP contribution in [0.4, 0.5) is 0 Å². The van der Waals surface area contributed by atoms with Gasteiger partial charge in [-0.05, 0) is 74.0 Å². The number of carbonyl (C=O) groups excluding carboxylic acids is 1. The van der Waals surface area contributed by atoms with E-state index in [2.05, 4.69) is 15.3 Å². The molecular weight excluding hydrogens is 384 g/mol. The van der Waals surface area contributed by atoms with Gasteiger partial charge in [-0.3, -0.25) is 9.36 Å². The lowest BCUT2D eigenvalue weighted by Crippen LogP contribution is -2.55. The van der Waals surface area contributed by atoms with Crippen LogP contribution in [0, 0.1) is 23.7 Å². The number of hydrogen-bond donors (Lipinski definition) is 1. The van der Waals surface area contributed by atoms with Gasteiger partial charge in [-0.2, -0.15) is 0 Å². The molecule has 4 fully saturated rings. The molecule has 0 atom stereocenters. The van der Waals surface area contributed by atoms with Gasteiger partial charge in [-0.15, -0.1) is 0 Å². The third-order valence-electron chi connectivity index (χ3n) is 7.32. The summed E-state index contributed by atoms with van der Waals surface area (Å²) in [7, 11) is 0. The molecule has 29 heavy (non-hydrogen) atoms. The highest BCUT2D eigenvalue weighted by atomic mass is 35.5. The molecule has 0 spiro atoms.